The van der Waals surface area contributed by atoms with E-state index in [0.717, 1.165) is 0 Å². The van der Waals surface area contributed by atoms with Crippen molar-refractivity contribution in [1.82, 2.24) is 9.80 Å². The van der Waals surface area contributed by atoms with Crippen LogP contribution in [0.3, 0.4) is 0 Å². The first kappa shape index (κ1) is 27.4. The molecule has 0 saturated carbocycles. The van der Waals surface area contributed by atoms with E-state index in [4.69, 9.17) is 0 Å². The average Bonchev–Trinajstić information content (AvgIpc) is 3.14. The summed E-state index contributed by atoms with van der Waals surface area (Å²) in [6.45, 7) is 9.43. The van der Waals surface area contributed by atoms with Gasteiger partial charge in [0.25, 0.3) is 0 Å². The van der Waals surface area contributed by atoms with Crippen LogP contribution in [0.1, 0.15) is 149 Å². The van der Waals surface area contributed by atoms with Crippen LogP contribution in [-0.2, 0) is 0 Å². The molecule has 0 aromatic heterocycles. The predicted octanol–water partition coefficient (Wildman–Crippen LogP) is 9.26. The lowest BCUT2D eigenvalue weighted by molar-refractivity contribution is 0.135. The molecule has 1 aliphatic rings. The molecular weight excluding hydrogens is 364 g/mol. The van der Waals surface area contributed by atoms with Crippen LogP contribution in [-0.4, -0.2) is 29.1 Å². The van der Waals surface area contributed by atoms with Crippen molar-refractivity contribution >= 4 is 0 Å². The maximum Gasteiger partial charge on any atom is 0.101 e. The Morgan fingerprint density at radius 3 is 1.17 bits per heavy atom. The fourth-order valence-electron chi connectivity index (χ4n) is 4.77. The van der Waals surface area contributed by atoms with Gasteiger partial charge in [0.15, 0.2) is 0 Å². The highest BCUT2D eigenvalue weighted by Crippen LogP contribution is 2.23. The smallest absolute Gasteiger partial charge is 0.101 e. The van der Waals surface area contributed by atoms with Crippen molar-refractivity contribution in [3.05, 3.63) is 12.4 Å². The van der Waals surface area contributed by atoms with Crippen LogP contribution in [0.15, 0.2) is 12.4 Å². The molecule has 0 spiro atoms. The summed E-state index contributed by atoms with van der Waals surface area (Å²) in [5, 5.41) is 0. The first-order valence-corrected chi connectivity index (χ1v) is 14.0. The molecule has 0 aromatic carbocycles. The van der Waals surface area contributed by atoms with Crippen molar-refractivity contribution in [1.29, 1.82) is 0 Å². The zero-order valence-corrected chi connectivity index (χ0v) is 21.2. The Labute approximate surface area is 190 Å². The Bertz CT molecular complexity index is 357. The molecule has 0 fully saturated rings. The summed E-state index contributed by atoms with van der Waals surface area (Å²) >= 11 is 0. The summed E-state index contributed by atoms with van der Waals surface area (Å²) in [5.74, 6) is 0. The molecule has 0 radical (unpaired) electrons. The summed E-state index contributed by atoms with van der Waals surface area (Å²) in [5.41, 5.74) is 0. The molecule has 0 aromatic rings. The molecule has 0 unspecified atom stereocenters. The Balaban J connectivity index is 2.19. The highest BCUT2D eigenvalue weighted by Gasteiger charge is 2.24. The second kappa shape index (κ2) is 20.3. The molecule has 1 rings (SSSR count). The van der Waals surface area contributed by atoms with E-state index in [2.05, 4.69) is 43.0 Å². The van der Waals surface area contributed by atoms with Crippen molar-refractivity contribution in [3.63, 3.8) is 0 Å². The van der Waals surface area contributed by atoms with Gasteiger partial charge in [-0.15, -0.1) is 0 Å². The summed E-state index contributed by atoms with van der Waals surface area (Å²) in [6.07, 6.45) is 33.6. The number of hydrogen-bond acceptors (Lipinski definition) is 2. The zero-order chi connectivity index (χ0) is 21.7. The van der Waals surface area contributed by atoms with E-state index in [0.29, 0.717) is 6.17 Å². The van der Waals surface area contributed by atoms with Crippen LogP contribution in [0.2, 0.25) is 0 Å². The fraction of sp³-hybridized carbons (Fsp3) is 0.929. The van der Waals surface area contributed by atoms with Crippen LogP contribution in [0.5, 0.6) is 0 Å². The first-order valence-electron chi connectivity index (χ1n) is 14.0. The molecule has 30 heavy (non-hydrogen) atoms. The molecule has 1 heterocycles. The maximum absolute atomic E-state index is 2.66. The van der Waals surface area contributed by atoms with Crippen molar-refractivity contribution in [2.75, 3.05) is 13.1 Å². The molecule has 0 atom stereocenters. The van der Waals surface area contributed by atoms with E-state index in [-0.39, 0.29) is 0 Å². The Morgan fingerprint density at radius 1 is 0.433 bits per heavy atom. The van der Waals surface area contributed by atoms with Gasteiger partial charge in [-0.3, -0.25) is 0 Å². The second-order valence-corrected chi connectivity index (χ2v) is 9.70. The molecule has 2 heteroatoms. The number of hydrogen-bond donors (Lipinski definition) is 0. The van der Waals surface area contributed by atoms with Gasteiger partial charge in [0, 0.05) is 25.5 Å². The van der Waals surface area contributed by atoms with Gasteiger partial charge in [0.1, 0.15) is 6.17 Å². The minimum absolute atomic E-state index is 0.645. The van der Waals surface area contributed by atoms with Gasteiger partial charge >= 0.3 is 0 Å². The first-order chi connectivity index (χ1) is 14.8. The van der Waals surface area contributed by atoms with Crippen molar-refractivity contribution in [2.45, 2.75) is 155 Å². The summed E-state index contributed by atoms with van der Waals surface area (Å²) in [4.78, 5) is 5.32. The molecule has 178 valence electrons. The van der Waals surface area contributed by atoms with Crippen LogP contribution in [0.25, 0.3) is 0 Å². The van der Waals surface area contributed by atoms with Crippen LogP contribution >= 0.6 is 0 Å². The standard InChI is InChI=1S/C28H56N2/c1-4-7-10-13-14-15-16-17-18-19-20-23-28-29(24-21-11-8-5-2)26-27-30(28)25-22-12-9-6-3/h26-28H,4-25H2,1-3H3. The number of nitrogens with zero attached hydrogens (tertiary/aromatic N) is 2. The van der Waals surface area contributed by atoms with Gasteiger partial charge in [0.05, 0.1) is 0 Å². The van der Waals surface area contributed by atoms with E-state index in [9.17, 15) is 0 Å². The monoisotopic (exact) mass is 420 g/mol. The van der Waals surface area contributed by atoms with Gasteiger partial charge in [-0.1, -0.05) is 124 Å². The molecule has 0 N–H and O–H groups in total. The zero-order valence-electron chi connectivity index (χ0n) is 21.2. The third-order valence-electron chi connectivity index (χ3n) is 6.82. The summed E-state index contributed by atoms with van der Waals surface area (Å²) < 4.78 is 0. The lowest BCUT2D eigenvalue weighted by Gasteiger charge is -2.33. The fourth-order valence-corrected chi connectivity index (χ4v) is 4.77. The van der Waals surface area contributed by atoms with Gasteiger partial charge in [-0.2, -0.15) is 0 Å². The predicted molar refractivity (Wildman–Crippen MR) is 136 cm³/mol. The highest BCUT2D eigenvalue weighted by atomic mass is 15.4. The molecular formula is C28H56N2. The minimum Gasteiger partial charge on any atom is -0.356 e. The van der Waals surface area contributed by atoms with E-state index >= 15 is 0 Å². The van der Waals surface area contributed by atoms with E-state index in [1.54, 1.807) is 0 Å². The Morgan fingerprint density at radius 2 is 0.767 bits per heavy atom. The second-order valence-electron chi connectivity index (χ2n) is 9.70. The third-order valence-corrected chi connectivity index (χ3v) is 6.82. The van der Waals surface area contributed by atoms with Crippen molar-refractivity contribution < 1.29 is 0 Å². The van der Waals surface area contributed by atoms with Crippen molar-refractivity contribution in [2.24, 2.45) is 0 Å². The molecule has 0 bridgehead atoms. The third kappa shape index (κ3) is 13.6. The van der Waals surface area contributed by atoms with Crippen molar-refractivity contribution in [3.8, 4) is 0 Å². The number of unbranched alkanes of at least 4 members (excludes halogenated alkanes) is 16. The highest BCUT2D eigenvalue weighted by molar-refractivity contribution is 4.96. The van der Waals surface area contributed by atoms with Gasteiger partial charge in [0.2, 0.25) is 0 Å². The lowest BCUT2D eigenvalue weighted by Crippen LogP contribution is -2.39. The van der Waals surface area contributed by atoms with Crippen LogP contribution in [0.4, 0.5) is 0 Å². The maximum atomic E-state index is 2.66. The molecule has 0 aliphatic carbocycles. The van der Waals surface area contributed by atoms with Crippen LogP contribution < -0.4 is 0 Å². The SMILES string of the molecule is CCCCCCCCCCCCCC1N(CCCCCC)C=CN1CCCCCC. The Hall–Kier alpha value is -0.660. The largest absolute Gasteiger partial charge is 0.356 e. The molecule has 2 nitrogen and oxygen atoms in total. The van der Waals surface area contributed by atoms with Gasteiger partial charge in [-0.25, -0.2) is 0 Å². The van der Waals surface area contributed by atoms with Gasteiger partial charge < -0.3 is 9.80 Å². The van der Waals surface area contributed by atoms with Crippen LogP contribution in [0, 0.1) is 0 Å². The minimum atomic E-state index is 0.645. The average molecular weight is 421 g/mol. The van der Waals surface area contributed by atoms with Gasteiger partial charge in [-0.05, 0) is 25.7 Å². The quantitative estimate of drug-likeness (QED) is 0.161. The van der Waals surface area contributed by atoms with E-state index < -0.39 is 0 Å². The Kier molecular flexibility index (Phi) is 18.5. The topological polar surface area (TPSA) is 6.48 Å². The lowest BCUT2D eigenvalue weighted by atomic mass is 10.0. The number of rotatable bonds is 22. The van der Waals surface area contributed by atoms with E-state index in [1.165, 1.54) is 142 Å². The summed E-state index contributed by atoms with van der Waals surface area (Å²) in [7, 11) is 0. The summed E-state index contributed by atoms with van der Waals surface area (Å²) in [6, 6.07) is 0. The molecule has 0 saturated heterocycles. The molecule has 0 amide bonds. The molecule has 1 aliphatic heterocycles. The van der Waals surface area contributed by atoms with E-state index in [1.807, 2.05) is 0 Å². The normalized spacial score (nSPS) is 14.4.